The van der Waals surface area contributed by atoms with Gasteiger partial charge in [0.25, 0.3) is 5.84 Å². The van der Waals surface area contributed by atoms with Crippen LogP contribution in [0.3, 0.4) is 0 Å². The third-order valence-electron chi connectivity index (χ3n) is 4.94. The lowest BCUT2D eigenvalue weighted by molar-refractivity contribution is -0.749. The second-order valence-corrected chi connectivity index (χ2v) is 6.77. The molecule has 3 aromatic rings. The highest BCUT2D eigenvalue weighted by Gasteiger charge is 2.44. The van der Waals surface area contributed by atoms with Gasteiger partial charge in [0.2, 0.25) is 5.70 Å². The number of fused-ring (bicyclic) bond motifs is 1. The van der Waals surface area contributed by atoms with Gasteiger partial charge >= 0.3 is 0 Å². The number of nitrogens with two attached hydrogens (primary N) is 1. The number of benzene rings is 2. The van der Waals surface area contributed by atoms with Gasteiger partial charge in [0, 0.05) is 6.20 Å². The molecule has 2 aliphatic heterocycles. The smallest absolute Gasteiger partial charge is 0.265 e. The number of H-pyrrole nitrogens is 1. The molecule has 0 radical (unpaired) electrons. The average molecular weight is 399 g/mol. The standard InChI is InChI=1S/C22H19N6O2/c1-29-20-13-15(7-8-19(20)30-16-5-3-2-4-6-16)22-26-21(17-9-10-25-27-17)18-14-24-11-12-28(18,22)23/h2-14H,23H2,1H3,(H,25,27)/q+1. The maximum absolute atomic E-state index is 6.75. The van der Waals surface area contributed by atoms with Gasteiger partial charge in [-0.1, -0.05) is 18.2 Å². The number of amidine groups is 1. The van der Waals surface area contributed by atoms with Crippen LogP contribution in [0.2, 0.25) is 0 Å². The van der Waals surface area contributed by atoms with Crippen molar-refractivity contribution in [3.8, 4) is 17.2 Å². The summed E-state index contributed by atoms with van der Waals surface area (Å²) in [7, 11) is 1.60. The largest absolute Gasteiger partial charge is 0.493 e. The molecule has 3 heterocycles. The Morgan fingerprint density at radius 2 is 1.90 bits per heavy atom. The van der Waals surface area contributed by atoms with Crippen LogP contribution in [0.1, 0.15) is 11.3 Å². The molecule has 0 saturated carbocycles. The first-order chi connectivity index (χ1) is 14.7. The molecule has 1 aromatic heterocycles. The second-order valence-electron chi connectivity index (χ2n) is 6.77. The minimum atomic E-state index is -0.0973. The van der Waals surface area contributed by atoms with Crippen molar-refractivity contribution in [2.24, 2.45) is 15.8 Å². The van der Waals surface area contributed by atoms with Gasteiger partial charge < -0.3 is 9.47 Å². The van der Waals surface area contributed by atoms with Crippen molar-refractivity contribution >= 4 is 17.7 Å². The van der Waals surface area contributed by atoms with Crippen LogP contribution in [0.5, 0.6) is 17.2 Å². The molecular formula is C22H19N6O2+. The molecule has 1 unspecified atom stereocenters. The van der Waals surface area contributed by atoms with Crippen LogP contribution in [0.15, 0.2) is 88.9 Å². The Balaban J connectivity index is 1.56. The molecule has 0 aliphatic carbocycles. The highest BCUT2D eigenvalue weighted by atomic mass is 16.5. The van der Waals surface area contributed by atoms with Crippen LogP contribution in [-0.4, -0.2) is 33.9 Å². The first-order valence-electron chi connectivity index (χ1n) is 9.32. The number of allylic oxidation sites excluding steroid dienone is 1. The number of hydrogen-bond acceptors (Lipinski definition) is 6. The molecule has 30 heavy (non-hydrogen) atoms. The highest BCUT2D eigenvalue weighted by Crippen LogP contribution is 2.38. The minimum absolute atomic E-state index is 0.0973. The summed E-state index contributed by atoms with van der Waals surface area (Å²) in [6.45, 7) is 0. The third-order valence-corrected chi connectivity index (χ3v) is 4.94. The number of rotatable bonds is 5. The Kier molecular flexibility index (Phi) is 4.27. The number of aliphatic imine (C=N–C) groups is 2. The molecule has 8 heteroatoms. The molecule has 2 aliphatic rings. The van der Waals surface area contributed by atoms with Crippen LogP contribution in [0, 0.1) is 0 Å². The Morgan fingerprint density at radius 3 is 2.67 bits per heavy atom. The molecule has 0 bridgehead atoms. The van der Waals surface area contributed by atoms with Crippen molar-refractivity contribution in [1.82, 2.24) is 10.2 Å². The maximum Gasteiger partial charge on any atom is 0.265 e. The van der Waals surface area contributed by atoms with Crippen molar-refractivity contribution in [3.05, 3.63) is 90.1 Å². The molecule has 0 saturated heterocycles. The molecule has 5 rings (SSSR count). The van der Waals surface area contributed by atoms with E-state index in [4.69, 9.17) is 20.3 Å². The van der Waals surface area contributed by atoms with Gasteiger partial charge in [-0.15, -0.1) is 4.59 Å². The van der Waals surface area contributed by atoms with E-state index in [2.05, 4.69) is 15.2 Å². The Bertz CT molecular complexity index is 1210. The zero-order valence-corrected chi connectivity index (χ0v) is 16.2. The van der Waals surface area contributed by atoms with E-state index in [1.807, 2.05) is 54.6 Å². The summed E-state index contributed by atoms with van der Waals surface area (Å²) in [5, 5.41) is 6.98. The van der Waals surface area contributed by atoms with E-state index >= 15 is 0 Å². The second kappa shape index (κ2) is 7.11. The summed E-state index contributed by atoms with van der Waals surface area (Å²) in [5.41, 5.74) is 3.02. The quantitative estimate of drug-likeness (QED) is 0.506. The number of para-hydroxylation sites is 1. The van der Waals surface area contributed by atoms with Gasteiger partial charge in [0.05, 0.1) is 30.8 Å². The molecule has 0 amide bonds. The van der Waals surface area contributed by atoms with E-state index in [9.17, 15) is 0 Å². The van der Waals surface area contributed by atoms with Crippen molar-refractivity contribution in [2.75, 3.05) is 7.11 Å². The average Bonchev–Trinajstić information content (AvgIpc) is 3.40. The van der Waals surface area contributed by atoms with Crippen molar-refractivity contribution in [3.63, 3.8) is 0 Å². The fraction of sp³-hybridized carbons (Fsp3) is 0.0455. The first kappa shape index (κ1) is 18.0. The van der Waals surface area contributed by atoms with Crippen LogP contribution in [0.4, 0.5) is 0 Å². The Labute approximate surface area is 172 Å². The summed E-state index contributed by atoms with van der Waals surface area (Å²) in [4.78, 5) is 9.08. The summed E-state index contributed by atoms with van der Waals surface area (Å²) in [5.74, 6) is 9.31. The van der Waals surface area contributed by atoms with Crippen molar-refractivity contribution in [1.29, 1.82) is 0 Å². The summed E-state index contributed by atoms with van der Waals surface area (Å²) in [6.07, 6.45) is 6.85. The number of nitrogens with zero attached hydrogens (tertiary/aromatic N) is 4. The van der Waals surface area contributed by atoms with Crippen molar-refractivity contribution < 1.29 is 14.1 Å². The van der Waals surface area contributed by atoms with E-state index in [0.717, 1.165) is 22.7 Å². The molecule has 1 atom stereocenters. The fourth-order valence-corrected chi connectivity index (χ4v) is 3.47. The highest BCUT2D eigenvalue weighted by molar-refractivity contribution is 6.06. The monoisotopic (exact) mass is 399 g/mol. The number of aromatic nitrogens is 2. The lowest BCUT2D eigenvalue weighted by Crippen LogP contribution is -2.53. The van der Waals surface area contributed by atoms with E-state index in [1.54, 1.807) is 31.9 Å². The molecule has 2 aromatic carbocycles. The lowest BCUT2D eigenvalue weighted by Gasteiger charge is -2.26. The molecule has 8 nitrogen and oxygen atoms in total. The van der Waals surface area contributed by atoms with Crippen LogP contribution in [-0.2, 0) is 0 Å². The number of quaternary nitrogens is 1. The zero-order valence-electron chi connectivity index (χ0n) is 16.2. The van der Waals surface area contributed by atoms with E-state index in [1.165, 1.54) is 0 Å². The van der Waals surface area contributed by atoms with Crippen LogP contribution >= 0.6 is 0 Å². The topological polar surface area (TPSA) is 97.9 Å². The number of ether oxygens (including phenoxy) is 2. The van der Waals surface area contributed by atoms with Gasteiger partial charge in [-0.05, 0) is 36.4 Å². The summed E-state index contributed by atoms with van der Waals surface area (Å²) >= 11 is 0. The van der Waals surface area contributed by atoms with Gasteiger partial charge in [-0.25, -0.2) is 0 Å². The van der Waals surface area contributed by atoms with Gasteiger partial charge in [-0.2, -0.15) is 15.9 Å². The third kappa shape index (κ3) is 2.91. The first-order valence-corrected chi connectivity index (χ1v) is 9.32. The molecular weight excluding hydrogens is 380 g/mol. The SMILES string of the molecule is COc1cc(C2=NC(c3ccn[nH]3)=C3C=NC=C[N+]23N)ccc1Oc1ccccc1. The summed E-state index contributed by atoms with van der Waals surface area (Å²) in [6, 6.07) is 17.0. The number of hydrogen-bond donors (Lipinski definition) is 2. The molecule has 3 N–H and O–H groups in total. The Hall–Kier alpha value is -4.01. The summed E-state index contributed by atoms with van der Waals surface area (Å²) < 4.78 is 11.5. The zero-order chi connectivity index (χ0) is 20.6. The minimum Gasteiger partial charge on any atom is -0.493 e. The predicted molar refractivity (Wildman–Crippen MR) is 114 cm³/mol. The van der Waals surface area contributed by atoms with Gasteiger partial charge in [0.1, 0.15) is 11.9 Å². The number of methoxy groups -OCH3 is 1. The van der Waals surface area contributed by atoms with Crippen LogP contribution in [0.25, 0.3) is 5.70 Å². The number of nitrogens with one attached hydrogen (secondary N) is 1. The number of aromatic amines is 1. The molecule has 0 fully saturated rings. The van der Waals surface area contributed by atoms with Gasteiger partial charge in [0.15, 0.2) is 17.2 Å². The Morgan fingerprint density at radius 1 is 1.03 bits per heavy atom. The molecule has 148 valence electrons. The van der Waals surface area contributed by atoms with E-state index in [-0.39, 0.29) is 4.59 Å². The predicted octanol–water partition coefficient (Wildman–Crippen LogP) is 3.59. The maximum atomic E-state index is 6.75. The van der Waals surface area contributed by atoms with Gasteiger partial charge in [-0.3, -0.25) is 10.1 Å². The van der Waals surface area contributed by atoms with Crippen molar-refractivity contribution in [2.45, 2.75) is 0 Å². The fourth-order valence-electron chi connectivity index (χ4n) is 3.47. The van der Waals surface area contributed by atoms with Crippen LogP contribution < -0.4 is 15.3 Å². The van der Waals surface area contributed by atoms with E-state index < -0.39 is 0 Å². The normalized spacial score (nSPS) is 19.6. The van der Waals surface area contributed by atoms with E-state index in [0.29, 0.717) is 23.0 Å². The lowest BCUT2D eigenvalue weighted by atomic mass is 10.1. The molecule has 0 spiro atoms.